The molecule has 3 atom stereocenters. The second kappa shape index (κ2) is 9.51. The van der Waals surface area contributed by atoms with E-state index in [4.69, 9.17) is 9.72 Å². The molecule has 1 unspecified atom stereocenters. The van der Waals surface area contributed by atoms with Gasteiger partial charge in [0, 0.05) is 30.7 Å². The van der Waals surface area contributed by atoms with Gasteiger partial charge in [-0.05, 0) is 64.0 Å². The second-order valence-electron chi connectivity index (χ2n) is 10.2. The van der Waals surface area contributed by atoms with Gasteiger partial charge in [-0.2, -0.15) is 0 Å². The van der Waals surface area contributed by atoms with Crippen LogP contribution in [-0.4, -0.2) is 63.8 Å². The smallest absolute Gasteiger partial charge is 0.414 e. The Morgan fingerprint density at radius 3 is 2.60 bits per heavy atom. The highest BCUT2D eigenvalue weighted by Gasteiger charge is 2.34. The molecule has 0 radical (unpaired) electrons. The third-order valence-corrected chi connectivity index (χ3v) is 8.03. The molecule has 9 nitrogen and oxygen atoms in total. The molecule has 3 heterocycles. The van der Waals surface area contributed by atoms with Crippen LogP contribution in [0.25, 0.3) is 11.0 Å². The number of amides is 2. The highest BCUT2D eigenvalue weighted by molar-refractivity contribution is 5.95. The number of fused-ring (bicyclic) bond motifs is 3. The molecule has 0 bridgehead atoms. The van der Waals surface area contributed by atoms with E-state index in [2.05, 4.69) is 4.57 Å². The number of aryl methyl sites for hydroxylation is 1. The molecule has 1 saturated carbocycles. The fourth-order valence-electron chi connectivity index (χ4n) is 6.19. The summed E-state index contributed by atoms with van der Waals surface area (Å²) in [5.74, 6) is -0.372. The topological polar surface area (TPSA) is 105 Å². The molecule has 1 aromatic heterocycles. The Kier molecular flexibility index (Phi) is 6.42. The van der Waals surface area contributed by atoms with Crippen LogP contribution in [0.5, 0.6) is 0 Å². The first kappa shape index (κ1) is 23.6. The third-order valence-electron chi connectivity index (χ3n) is 8.03. The minimum Gasteiger partial charge on any atom is -0.481 e. The maximum absolute atomic E-state index is 13.1. The van der Waals surface area contributed by atoms with Crippen LogP contribution in [0, 0.1) is 5.92 Å². The molecule has 2 amide bonds. The number of carboxylic acids is 1. The highest BCUT2D eigenvalue weighted by Crippen LogP contribution is 2.40. The molecule has 35 heavy (non-hydrogen) atoms. The Bertz CT molecular complexity index is 1150. The number of likely N-dealkylation sites (tertiary alicyclic amines) is 1. The summed E-state index contributed by atoms with van der Waals surface area (Å²) in [6, 6.07) is 3.92. The third kappa shape index (κ3) is 4.25. The molecular formula is C26H34N4O5. The number of imidazole rings is 1. The van der Waals surface area contributed by atoms with E-state index in [0.29, 0.717) is 18.7 Å². The lowest BCUT2D eigenvalue weighted by molar-refractivity contribution is -0.143. The summed E-state index contributed by atoms with van der Waals surface area (Å²) in [6.07, 6.45) is 6.35. The lowest BCUT2D eigenvalue weighted by Crippen LogP contribution is -2.42. The van der Waals surface area contributed by atoms with Gasteiger partial charge in [0.2, 0.25) is 5.91 Å². The second-order valence-corrected chi connectivity index (χ2v) is 10.2. The number of aromatic nitrogens is 2. The quantitative estimate of drug-likeness (QED) is 0.708. The van der Waals surface area contributed by atoms with Crippen LogP contribution < -0.4 is 4.90 Å². The summed E-state index contributed by atoms with van der Waals surface area (Å²) in [7, 11) is 1.39. The first-order valence-corrected chi connectivity index (χ1v) is 12.8. The number of anilines is 1. The maximum atomic E-state index is 13.1. The van der Waals surface area contributed by atoms with E-state index >= 15 is 0 Å². The Hall–Kier alpha value is -3.10. The standard InChI is InChI=1S/C26H34N4O5/c1-16-8-9-19-20(29(16)26(34)35-2)10-11-21-24(19)27-22(15-23(31)28-12-3-4-13-28)30(21)18-7-5-6-17(14-18)25(32)33/h10-11,16-18H,3-9,12-15H2,1-2H3,(H,32,33)/t16?,17-,18-/m1/s1. The molecule has 1 N–H and O–H groups in total. The number of hydrogen-bond acceptors (Lipinski definition) is 5. The summed E-state index contributed by atoms with van der Waals surface area (Å²) in [4.78, 5) is 46.1. The van der Waals surface area contributed by atoms with Crippen molar-refractivity contribution in [1.29, 1.82) is 0 Å². The van der Waals surface area contributed by atoms with Crippen LogP contribution in [0.1, 0.15) is 69.3 Å². The van der Waals surface area contributed by atoms with Gasteiger partial charge in [0.15, 0.2) is 0 Å². The van der Waals surface area contributed by atoms with Gasteiger partial charge in [-0.15, -0.1) is 0 Å². The number of hydrogen-bond donors (Lipinski definition) is 1. The van der Waals surface area contributed by atoms with Gasteiger partial charge in [0.1, 0.15) is 5.82 Å². The zero-order valence-electron chi connectivity index (χ0n) is 20.5. The van der Waals surface area contributed by atoms with Gasteiger partial charge in [-0.3, -0.25) is 14.5 Å². The number of carbonyl (C=O) groups is 3. The van der Waals surface area contributed by atoms with Gasteiger partial charge in [0.25, 0.3) is 0 Å². The molecule has 5 rings (SSSR count). The number of aliphatic carboxylic acids is 1. The first-order chi connectivity index (χ1) is 16.9. The molecule has 2 aromatic rings. The summed E-state index contributed by atoms with van der Waals surface area (Å²) in [5, 5.41) is 9.68. The van der Waals surface area contributed by atoms with E-state index in [1.165, 1.54) is 7.11 Å². The minimum atomic E-state index is -0.756. The Balaban J connectivity index is 1.60. The van der Waals surface area contributed by atoms with Crippen LogP contribution in [0.15, 0.2) is 12.1 Å². The average Bonchev–Trinajstić information content (AvgIpc) is 3.51. The number of ether oxygens (including phenoxy) is 1. The molecule has 188 valence electrons. The van der Waals surface area contributed by atoms with Gasteiger partial charge < -0.3 is 19.3 Å². The molecular weight excluding hydrogens is 448 g/mol. The number of rotatable bonds is 4. The average molecular weight is 483 g/mol. The van der Waals surface area contributed by atoms with E-state index in [-0.39, 0.29) is 30.3 Å². The van der Waals surface area contributed by atoms with Crippen LogP contribution in [0.4, 0.5) is 10.5 Å². The van der Waals surface area contributed by atoms with Crippen molar-refractivity contribution < 1.29 is 24.2 Å². The fourth-order valence-corrected chi connectivity index (χ4v) is 6.19. The molecule has 9 heteroatoms. The highest BCUT2D eigenvalue weighted by atomic mass is 16.5. The van der Waals surface area contributed by atoms with Gasteiger partial charge in [-0.25, -0.2) is 9.78 Å². The summed E-state index contributed by atoms with van der Waals surface area (Å²) in [5.41, 5.74) is 3.52. The van der Waals surface area contributed by atoms with Crippen LogP contribution >= 0.6 is 0 Å². The normalized spacial score (nSPS) is 24.5. The monoisotopic (exact) mass is 482 g/mol. The predicted molar refractivity (Wildman–Crippen MR) is 131 cm³/mol. The molecule has 0 spiro atoms. The zero-order valence-corrected chi connectivity index (χ0v) is 20.5. The zero-order chi connectivity index (χ0) is 24.7. The number of benzene rings is 1. The molecule has 1 aliphatic carbocycles. The molecule has 2 aliphatic heterocycles. The lowest BCUT2D eigenvalue weighted by atomic mass is 9.85. The largest absolute Gasteiger partial charge is 0.481 e. The van der Waals surface area contributed by atoms with Crippen molar-refractivity contribution in [3.8, 4) is 0 Å². The van der Waals surface area contributed by atoms with Crippen molar-refractivity contribution in [2.75, 3.05) is 25.1 Å². The van der Waals surface area contributed by atoms with Crippen molar-refractivity contribution >= 4 is 34.7 Å². The van der Waals surface area contributed by atoms with E-state index in [1.54, 1.807) is 4.90 Å². The Labute approximate surface area is 205 Å². The fraction of sp³-hybridized carbons (Fsp3) is 0.615. The van der Waals surface area contributed by atoms with Gasteiger partial charge in [-0.1, -0.05) is 6.42 Å². The van der Waals surface area contributed by atoms with Gasteiger partial charge in [0.05, 0.1) is 36.2 Å². The van der Waals surface area contributed by atoms with E-state index < -0.39 is 12.1 Å². The molecule has 2 fully saturated rings. The van der Waals surface area contributed by atoms with Crippen LogP contribution in [0.2, 0.25) is 0 Å². The van der Waals surface area contributed by atoms with Crippen molar-refractivity contribution in [1.82, 2.24) is 14.5 Å². The number of methoxy groups -OCH3 is 1. The Morgan fingerprint density at radius 1 is 1.11 bits per heavy atom. The summed E-state index contributed by atoms with van der Waals surface area (Å²) >= 11 is 0. The lowest BCUT2D eigenvalue weighted by Gasteiger charge is -2.34. The summed E-state index contributed by atoms with van der Waals surface area (Å²) < 4.78 is 7.19. The van der Waals surface area contributed by atoms with Crippen molar-refractivity contribution in [3.05, 3.63) is 23.5 Å². The molecule has 3 aliphatic rings. The van der Waals surface area contributed by atoms with E-state index in [1.807, 2.05) is 24.0 Å². The number of nitrogens with zero attached hydrogens (tertiary/aromatic N) is 4. The first-order valence-electron chi connectivity index (χ1n) is 12.8. The van der Waals surface area contributed by atoms with Crippen LogP contribution in [0.3, 0.4) is 0 Å². The Morgan fingerprint density at radius 2 is 1.89 bits per heavy atom. The predicted octanol–water partition coefficient (Wildman–Crippen LogP) is 3.92. The van der Waals surface area contributed by atoms with Crippen molar-refractivity contribution in [2.24, 2.45) is 5.92 Å². The molecule has 1 aromatic carbocycles. The minimum absolute atomic E-state index is 0.0142. The number of carbonyl (C=O) groups excluding carboxylic acids is 2. The number of carboxylic acid groups (broad SMARTS) is 1. The summed E-state index contributed by atoms with van der Waals surface area (Å²) in [6.45, 7) is 3.58. The van der Waals surface area contributed by atoms with Gasteiger partial charge >= 0.3 is 12.1 Å². The van der Waals surface area contributed by atoms with E-state index in [0.717, 1.165) is 73.9 Å². The van der Waals surface area contributed by atoms with Crippen molar-refractivity contribution in [3.63, 3.8) is 0 Å². The molecule has 1 saturated heterocycles. The maximum Gasteiger partial charge on any atom is 0.414 e. The van der Waals surface area contributed by atoms with Crippen LogP contribution in [-0.2, 0) is 27.2 Å². The van der Waals surface area contributed by atoms with Crippen molar-refractivity contribution in [2.45, 2.75) is 76.8 Å². The SMILES string of the molecule is COC(=O)N1c2ccc3c(nc(CC(=O)N4CCCC4)n3[C@@H]3CCC[C@@H](C(=O)O)C3)c2CCC1C. The van der Waals surface area contributed by atoms with E-state index in [9.17, 15) is 19.5 Å².